The summed E-state index contributed by atoms with van der Waals surface area (Å²) >= 11 is 0. The van der Waals surface area contributed by atoms with E-state index >= 15 is 0 Å². The Bertz CT molecular complexity index is 1020. The molecule has 0 aromatic carbocycles. The number of ether oxygens (including phenoxy) is 1. The maximum atomic E-state index is 12.6. The van der Waals surface area contributed by atoms with Crippen LogP contribution in [0, 0.1) is 6.92 Å². The zero-order valence-corrected chi connectivity index (χ0v) is 18.0. The first kappa shape index (κ1) is 20.8. The Morgan fingerprint density at radius 1 is 1.13 bits per heavy atom. The zero-order valence-electron chi connectivity index (χ0n) is 17.2. The van der Waals surface area contributed by atoms with Gasteiger partial charge in [0, 0.05) is 38.4 Å². The van der Waals surface area contributed by atoms with Gasteiger partial charge in [0.25, 0.3) is 5.91 Å². The molecule has 0 saturated carbocycles. The van der Waals surface area contributed by atoms with Crippen LogP contribution in [0.5, 0.6) is 0 Å². The molecule has 2 fully saturated rings. The second-order valence-corrected chi connectivity index (χ2v) is 9.75. The van der Waals surface area contributed by atoms with Crippen molar-refractivity contribution in [2.45, 2.75) is 30.6 Å². The van der Waals surface area contributed by atoms with Gasteiger partial charge in [-0.3, -0.25) is 4.79 Å². The summed E-state index contributed by atoms with van der Waals surface area (Å²) in [6.45, 7) is 5.38. The maximum absolute atomic E-state index is 12.6. The van der Waals surface area contributed by atoms with E-state index in [1.54, 1.807) is 24.0 Å². The van der Waals surface area contributed by atoms with E-state index in [-0.39, 0.29) is 16.7 Å². The molecule has 4 heterocycles. The Hall–Kier alpha value is -2.46. The summed E-state index contributed by atoms with van der Waals surface area (Å²) in [6, 6.07) is 3.46. The first-order chi connectivity index (χ1) is 14.3. The van der Waals surface area contributed by atoms with Crippen molar-refractivity contribution in [2.24, 2.45) is 0 Å². The molecule has 10 heteroatoms. The molecule has 1 amide bonds. The van der Waals surface area contributed by atoms with Gasteiger partial charge in [-0.05, 0) is 31.9 Å². The molecule has 30 heavy (non-hydrogen) atoms. The summed E-state index contributed by atoms with van der Waals surface area (Å²) in [5, 5.41) is 0. The average Bonchev–Trinajstić information content (AvgIpc) is 3.19. The summed E-state index contributed by atoms with van der Waals surface area (Å²) < 4.78 is 35.5. The highest BCUT2D eigenvalue weighted by atomic mass is 32.2. The standard InChI is InChI=1S/C20H26N4O5S/c1-14-3-4-16(29-14)19(25)23-7-5-15(6-8-23)18-17(30(2,26)27)13-21-20(22-18)24-9-11-28-12-10-24/h3-4,13,15H,5-12H2,1-2H3. The smallest absolute Gasteiger partial charge is 0.289 e. The number of hydrogen-bond acceptors (Lipinski definition) is 8. The summed E-state index contributed by atoms with van der Waals surface area (Å²) in [7, 11) is -3.46. The minimum atomic E-state index is -3.46. The van der Waals surface area contributed by atoms with E-state index in [1.165, 1.54) is 12.5 Å². The first-order valence-corrected chi connectivity index (χ1v) is 12.0. The van der Waals surface area contributed by atoms with Gasteiger partial charge in [0.05, 0.1) is 25.1 Å². The van der Waals surface area contributed by atoms with E-state index < -0.39 is 9.84 Å². The number of carbonyl (C=O) groups is 1. The van der Waals surface area contributed by atoms with Crippen molar-refractivity contribution < 1.29 is 22.4 Å². The quantitative estimate of drug-likeness (QED) is 0.715. The molecule has 0 radical (unpaired) electrons. The maximum Gasteiger partial charge on any atom is 0.289 e. The highest BCUT2D eigenvalue weighted by Crippen LogP contribution is 2.32. The van der Waals surface area contributed by atoms with Crippen molar-refractivity contribution in [1.29, 1.82) is 0 Å². The second kappa shape index (κ2) is 8.35. The molecular formula is C20H26N4O5S. The number of aryl methyl sites for hydroxylation is 1. The summed E-state index contributed by atoms with van der Waals surface area (Å²) in [5.41, 5.74) is 0.551. The molecule has 2 aliphatic rings. The molecule has 0 atom stereocenters. The van der Waals surface area contributed by atoms with Crippen LogP contribution in [-0.4, -0.2) is 74.8 Å². The van der Waals surface area contributed by atoms with E-state index in [9.17, 15) is 13.2 Å². The van der Waals surface area contributed by atoms with Gasteiger partial charge in [-0.1, -0.05) is 0 Å². The number of sulfone groups is 1. The molecule has 4 rings (SSSR count). The molecule has 2 aliphatic heterocycles. The van der Waals surface area contributed by atoms with Gasteiger partial charge in [0.15, 0.2) is 15.6 Å². The topological polar surface area (TPSA) is 106 Å². The summed E-state index contributed by atoms with van der Waals surface area (Å²) in [4.78, 5) is 25.6. The lowest BCUT2D eigenvalue weighted by Crippen LogP contribution is -2.39. The molecule has 9 nitrogen and oxygen atoms in total. The normalized spacial score (nSPS) is 18.6. The predicted octanol–water partition coefficient (Wildman–Crippen LogP) is 1.64. The number of piperidine rings is 1. The number of furan rings is 1. The third kappa shape index (κ3) is 4.34. The van der Waals surface area contributed by atoms with Gasteiger partial charge in [0.1, 0.15) is 10.7 Å². The number of hydrogen-bond donors (Lipinski definition) is 0. The number of morpholine rings is 1. The first-order valence-electron chi connectivity index (χ1n) is 10.1. The Morgan fingerprint density at radius 3 is 2.43 bits per heavy atom. The Kier molecular flexibility index (Phi) is 5.79. The second-order valence-electron chi connectivity index (χ2n) is 7.77. The fraction of sp³-hybridized carbons (Fsp3) is 0.550. The number of aromatic nitrogens is 2. The van der Waals surface area contributed by atoms with Gasteiger partial charge in [0.2, 0.25) is 5.95 Å². The molecule has 0 spiro atoms. The van der Waals surface area contributed by atoms with Crippen LogP contribution in [0.3, 0.4) is 0 Å². The number of rotatable bonds is 4. The largest absolute Gasteiger partial charge is 0.456 e. The SMILES string of the molecule is Cc1ccc(C(=O)N2CCC(c3nc(N4CCOCC4)ncc3S(C)(=O)=O)CC2)o1. The molecule has 0 unspecified atom stereocenters. The number of likely N-dealkylation sites (tertiary alicyclic amines) is 1. The van der Waals surface area contributed by atoms with Crippen molar-refractivity contribution in [2.75, 3.05) is 50.5 Å². The lowest BCUT2D eigenvalue weighted by Gasteiger charge is -2.32. The molecule has 2 saturated heterocycles. The zero-order chi connectivity index (χ0) is 21.3. The van der Waals surface area contributed by atoms with Crippen molar-refractivity contribution >= 4 is 21.7 Å². The fourth-order valence-corrected chi connectivity index (χ4v) is 4.77. The van der Waals surface area contributed by atoms with Gasteiger partial charge in [-0.15, -0.1) is 0 Å². The molecule has 0 bridgehead atoms. The number of anilines is 1. The van der Waals surface area contributed by atoms with Crippen LogP contribution in [0.15, 0.2) is 27.6 Å². The van der Waals surface area contributed by atoms with Gasteiger partial charge >= 0.3 is 0 Å². The molecule has 0 N–H and O–H groups in total. The van der Waals surface area contributed by atoms with Crippen LogP contribution in [0.4, 0.5) is 5.95 Å². The highest BCUT2D eigenvalue weighted by molar-refractivity contribution is 7.90. The number of carbonyl (C=O) groups excluding carboxylic acids is 1. The number of amides is 1. The van der Waals surface area contributed by atoms with Crippen molar-refractivity contribution in [3.05, 3.63) is 35.5 Å². The Balaban J connectivity index is 1.54. The van der Waals surface area contributed by atoms with Gasteiger partial charge in [-0.2, -0.15) is 0 Å². The third-order valence-electron chi connectivity index (χ3n) is 5.58. The molecule has 2 aromatic heterocycles. The van der Waals surface area contributed by atoms with Crippen LogP contribution in [0.1, 0.15) is 40.8 Å². The van der Waals surface area contributed by atoms with Gasteiger partial charge < -0.3 is 19.0 Å². The van der Waals surface area contributed by atoms with E-state index in [0.29, 0.717) is 75.4 Å². The summed E-state index contributed by atoms with van der Waals surface area (Å²) in [6.07, 6.45) is 3.87. The molecular weight excluding hydrogens is 408 g/mol. The molecule has 0 aliphatic carbocycles. The van der Waals surface area contributed by atoms with Crippen LogP contribution >= 0.6 is 0 Å². The summed E-state index contributed by atoms with van der Waals surface area (Å²) in [5.74, 6) is 1.37. The van der Waals surface area contributed by atoms with Gasteiger partial charge in [-0.25, -0.2) is 18.4 Å². The van der Waals surface area contributed by atoms with Crippen molar-refractivity contribution in [3.63, 3.8) is 0 Å². The van der Waals surface area contributed by atoms with Crippen molar-refractivity contribution in [1.82, 2.24) is 14.9 Å². The molecule has 162 valence electrons. The van der Waals surface area contributed by atoms with E-state index in [2.05, 4.69) is 9.97 Å². The van der Waals surface area contributed by atoms with Crippen LogP contribution < -0.4 is 4.90 Å². The highest BCUT2D eigenvalue weighted by Gasteiger charge is 2.31. The van der Waals surface area contributed by atoms with Crippen LogP contribution in [0.25, 0.3) is 0 Å². The number of nitrogens with zero attached hydrogens (tertiary/aromatic N) is 4. The minimum Gasteiger partial charge on any atom is -0.456 e. The van der Waals surface area contributed by atoms with E-state index in [0.717, 1.165) is 0 Å². The lowest BCUT2D eigenvalue weighted by molar-refractivity contribution is 0.0677. The van der Waals surface area contributed by atoms with Crippen LogP contribution in [0.2, 0.25) is 0 Å². The van der Waals surface area contributed by atoms with Crippen LogP contribution in [-0.2, 0) is 14.6 Å². The lowest BCUT2D eigenvalue weighted by atomic mass is 9.93. The predicted molar refractivity (Wildman–Crippen MR) is 109 cm³/mol. The fourth-order valence-electron chi connectivity index (χ4n) is 3.93. The monoisotopic (exact) mass is 434 g/mol. The minimum absolute atomic E-state index is 0.0556. The Morgan fingerprint density at radius 2 is 1.83 bits per heavy atom. The van der Waals surface area contributed by atoms with E-state index in [4.69, 9.17) is 9.15 Å². The van der Waals surface area contributed by atoms with E-state index in [1.807, 2.05) is 4.90 Å². The molecule has 2 aromatic rings. The average molecular weight is 435 g/mol. The Labute approximate surface area is 176 Å². The van der Waals surface area contributed by atoms with Crippen molar-refractivity contribution in [3.8, 4) is 0 Å². The third-order valence-corrected chi connectivity index (χ3v) is 6.70.